The van der Waals surface area contributed by atoms with Crippen LogP contribution >= 0.6 is 27.5 Å². The molecule has 70 valence electrons. The number of aromatic nitrogens is 1. The van der Waals surface area contributed by atoms with Gasteiger partial charge in [-0.3, -0.25) is 4.79 Å². The second kappa shape index (κ2) is 4.11. The van der Waals surface area contributed by atoms with Gasteiger partial charge < -0.3 is 0 Å². The van der Waals surface area contributed by atoms with E-state index in [1.165, 1.54) is 0 Å². The third-order valence-corrected chi connectivity index (χ3v) is 2.27. The van der Waals surface area contributed by atoms with Crippen LogP contribution < -0.4 is 0 Å². The number of carbonyl (C=O) groups excluding carboxylic acids is 1. The van der Waals surface area contributed by atoms with E-state index in [2.05, 4.69) is 20.9 Å². The van der Waals surface area contributed by atoms with E-state index < -0.39 is 6.43 Å². The zero-order chi connectivity index (χ0) is 10.0. The monoisotopic (exact) mass is 269 g/mol. The van der Waals surface area contributed by atoms with Gasteiger partial charge in [0.05, 0.1) is 5.56 Å². The number of nitrogens with zero attached hydrogens (tertiary/aromatic N) is 1. The highest BCUT2D eigenvalue weighted by atomic mass is 79.9. The van der Waals surface area contributed by atoms with Crippen molar-refractivity contribution < 1.29 is 13.6 Å². The van der Waals surface area contributed by atoms with Gasteiger partial charge in [0, 0.05) is 4.47 Å². The second-order valence-electron chi connectivity index (χ2n) is 2.15. The fraction of sp³-hybridized carbons (Fsp3) is 0.143. The van der Waals surface area contributed by atoms with Gasteiger partial charge in [-0.25, -0.2) is 13.8 Å². The molecular formula is C7H3BrClF2NO. The first-order valence-electron chi connectivity index (χ1n) is 3.15. The van der Waals surface area contributed by atoms with Gasteiger partial charge in [0.1, 0.15) is 10.8 Å². The van der Waals surface area contributed by atoms with Crippen LogP contribution in [0.5, 0.6) is 0 Å². The Morgan fingerprint density at radius 3 is 2.69 bits per heavy atom. The van der Waals surface area contributed by atoms with E-state index >= 15 is 0 Å². The van der Waals surface area contributed by atoms with Crippen LogP contribution in [0.3, 0.4) is 0 Å². The summed E-state index contributed by atoms with van der Waals surface area (Å²) in [6, 6.07) is 1.09. The molecule has 0 saturated heterocycles. The maximum atomic E-state index is 12.2. The SMILES string of the molecule is O=Cc1nc(Cl)c(C(F)F)cc1Br. The van der Waals surface area contributed by atoms with Crippen molar-refractivity contribution >= 4 is 33.8 Å². The zero-order valence-corrected chi connectivity index (χ0v) is 8.44. The molecule has 1 aromatic rings. The molecule has 0 unspecified atom stereocenters. The van der Waals surface area contributed by atoms with Crippen LogP contribution in [0.15, 0.2) is 10.5 Å². The Bertz CT molecular complexity index is 346. The van der Waals surface area contributed by atoms with E-state index in [0.717, 1.165) is 6.07 Å². The van der Waals surface area contributed by atoms with E-state index in [1.807, 2.05) is 0 Å². The third-order valence-electron chi connectivity index (χ3n) is 1.33. The summed E-state index contributed by atoms with van der Waals surface area (Å²) in [5.41, 5.74) is -0.381. The Morgan fingerprint density at radius 1 is 1.62 bits per heavy atom. The van der Waals surface area contributed by atoms with Crippen molar-refractivity contribution in [3.05, 3.63) is 26.9 Å². The molecule has 2 nitrogen and oxygen atoms in total. The van der Waals surface area contributed by atoms with E-state index in [0.29, 0.717) is 6.29 Å². The first-order chi connectivity index (χ1) is 6.06. The molecule has 0 aliphatic rings. The molecule has 0 bridgehead atoms. The van der Waals surface area contributed by atoms with E-state index in [-0.39, 0.29) is 20.9 Å². The number of hydrogen-bond acceptors (Lipinski definition) is 2. The number of carbonyl (C=O) groups is 1. The van der Waals surface area contributed by atoms with Crippen LogP contribution in [-0.2, 0) is 0 Å². The summed E-state index contributed by atoms with van der Waals surface area (Å²) in [5, 5.41) is -0.347. The van der Waals surface area contributed by atoms with Crippen molar-refractivity contribution in [3.8, 4) is 0 Å². The largest absolute Gasteiger partial charge is 0.296 e. The zero-order valence-electron chi connectivity index (χ0n) is 6.10. The summed E-state index contributed by atoms with van der Waals surface area (Å²) in [6.45, 7) is 0. The Balaban J connectivity index is 3.28. The molecule has 13 heavy (non-hydrogen) atoms. The van der Waals surface area contributed by atoms with E-state index in [9.17, 15) is 13.6 Å². The minimum atomic E-state index is -2.70. The molecular weight excluding hydrogens is 267 g/mol. The van der Waals surface area contributed by atoms with E-state index in [1.54, 1.807) is 0 Å². The molecule has 0 saturated carbocycles. The van der Waals surface area contributed by atoms with Crippen LogP contribution in [0.25, 0.3) is 0 Å². The molecule has 0 radical (unpaired) electrons. The predicted molar refractivity (Wildman–Crippen MR) is 47.3 cm³/mol. The molecule has 1 heterocycles. The van der Waals surface area contributed by atoms with Crippen molar-refractivity contribution in [3.63, 3.8) is 0 Å². The van der Waals surface area contributed by atoms with E-state index in [4.69, 9.17) is 11.6 Å². The molecule has 0 aliphatic carbocycles. The molecule has 0 amide bonds. The van der Waals surface area contributed by atoms with Crippen molar-refractivity contribution in [2.45, 2.75) is 6.43 Å². The maximum absolute atomic E-state index is 12.2. The number of pyridine rings is 1. The summed E-state index contributed by atoms with van der Waals surface area (Å²) < 4.78 is 24.6. The molecule has 1 aromatic heterocycles. The minimum Gasteiger partial charge on any atom is -0.296 e. The van der Waals surface area contributed by atoms with Crippen LogP contribution in [0.2, 0.25) is 5.15 Å². The molecule has 0 aromatic carbocycles. The smallest absolute Gasteiger partial charge is 0.266 e. The lowest BCUT2D eigenvalue weighted by molar-refractivity contribution is 0.111. The summed E-state index contributed by atoms with van der Waals surface area (Å²) in [4.78, 5) is 13.8. The number of alkyl halides is 2. The van der Waals surface area contributed by atoms with Crippen LogP contribution in [-0.4, -0.2) is 11.3 Å². The highest BCUT2D eigenvalue weighted by Crippen LogP contribution is 2.29. The lowest BCUT2D eigenvalue weighted by atomic mass is 10.2. The summed E-state index contributed by atoms with van der Waals surface area (Å²) >= 11 is 8.33. The first kappa shape index (κ1) is 10.5. The molecule has 0 atom stereocenters. The summed E-state index contributed by atoms with van der Waals surface area (Å²) in [6.07, 6.45) is -2.26. The first-order valence-corrected chi connectivity index (χ1v) is 4.32. The van der Waals surface area contributed by atoms with Gasteiger partial charge in [-0.15, -0.1) is 0 Å². The van der Waals surface area contributed by atoms with Gasteiger partial charge in [-0.1, -0.05) is 11.6 Å². The molecule has 0 fully saturated rings. The standard InChI is InChI=1S/C7H3BrClF2NO/c8-4-1-3(7(10)11)6(9)12-5(4)2-13/h1-2,7H. The molecule has 0 aliphatic heterocycles. The highest BCUT2D eigenvalue weighted by molar-refractivity contribution is 9.10. The highest BCUT2D eigenvalue weighted by Gasteiger charge is 2.15. The average molecular weight is 270 g/mol. The fourth-order valence-corrected chi connectivity index (χ4v) is 1.39. The van der Waals surface area contributed by atoms with Crippen molar-refractivity contribution in [2.75, 3.05) is 0 Å². The molecule has 6 heteroatoms. The normalized spacial score (nSPS) is 10.5. The van der Waals surface area contributed by atoms with Gasteiger partial charge in [0.2, 0.25) is 0 Å². The average Bonchev–Trinajstić information content (AvgIpc) is 2.07. The lowest BCUT2D eigenvalue weighted by Gasteiger charge is -2.03. The maximum Gasteiger partial charge on any atom is 0.266 e. The van der Waals surface area contributed by atoms with Gasteiger partial charge in [0.15, 0.2) is 6.29 Å². The fourth-order valence-electron chi connectivity index (χ4n) is 0.729. The number of halogens is 4. The Morgan fingerprint density at radius 2 is 2.23 bits per heavy atom. The number of rotatable bonds is 2. The van der Waals surface area contributed by atoms with Crippen LogP contribution in [0.4, 0.5) is 8.78 Å². The Hall–Kier alpha value is -0.550. The molecule has 0 N–H and O–H groups in total. The Kier molecular flexibility index (Phi) is 3.33. The van der Waals surface area contributed by atoms with Crippen LogP contribution in [0.1, 0.15) is 22.5 Å². The van der Waals surface area contributed by atoms with Gasteiger partial charge >= 0.3 is 0 Å². The third kappa shape index (κ3) is 2.22. The summed E-state index contributed by atoms with van der Waals surface area (Å²) in [5.74, 6) is 0. The summed E-state index contributed by atoms with van der Waals surface area (Å²) in [7, 11) is 0. The quantitative estimate of drug-likeness (QED) is 0.610. The van der Waals surface area contributed by atoms with Crippen molar-refractivity contribution in [1.29, 1.82) is 0 Å². The second-order valence-corrected chi connectivity index (χ2v) is 3.37. The number of aldehydes is 1. The van der Waals surface area contributed by atoms with Gasteiger partial charge in [-0.05, 0) is 22.0 Å². The van der Waals surface area contributed by atoms with Gasteiger partial charge in [0.25, 0.3) is 6.43 Å². The van der Waals surface area contributed by atoms with Crippen LogP contribution in [0, 0.1) is 0 Å². The minimum absolute atomic E-state index is 0.00870. The lowest BCUT2D eigenvalue weighted by Crippen LogP contribution is -1.95. The Labute approximate surface area is 86.0 Å². The topological polar surface area (TPSA) is 30.0 Å². The predicted octanol–water partition coefficient (Wildman–Crippen LogP) is 3.25. The van der Waals surface area contributed by atoms with Crippen molar-refractivity contribution in [1.82, 2.24) is 4.98 Å². The molecule has 1 rings (SSSR count). The van der Waals surface area contributed by atoms with Crippen molar-refractivity contribution in [2.24, 2.45) is 0 Å². The number of hydrogen-bond donors (Lipinski definition) is 0. The molecule has 0 spiro atoms. The van der Waals surface area contributed by atoms with Gasteiger partial charge in [-0.2, -0.15) is 0 Å².